The third-order valence-corrected chi connectivity index (χ3v) is 7.58. The van der Waals surface area contributed by atoms with Crippen LogP contribution in [0.25, 0.3) is 0 Å². The van der Waals surface area contributed by atoms with Crippen LogP contribution < -0.4 is 25.4 Å². The van der Waals surface area contributed by atoms with Crippen molar-refractivity contribution in [2.24, 2.45) is 5.41 Å². The van der Waals surface area contributed by atoms with E-state index < -0.39 is 35.8 Å². The Labute approximate surface area is 296 Å². The number of carbonyl (C=O) groups is 2. The van der Waals surface area contributed by atoms with Gasteiger partial charge in [-0.3, -0.25) is 4.79 Å². The molecule has 0 radical (unpaired) electrons. The average molecular weight is 775 g/mol. The highest BCUT2D eigenvalue weighted by atomic mass is 79.9. The first-order valence-corrected chi connectivity index (χ1v) is 16.7. The molecule has 268 valence electrons. The molecule has 2 amide bonds. The summed E-state index contributed by atoms with van der Waals surface area (Å²) in [7, 11) is 0. The molecular weight excluding hydrogens is 735 g/mol. The third kappa shape index (κ3) is 13.4. The van der Waals surface area contributed by atoms with Gasteiger partial charge in [0.15, 0.2) is 6.61 Å². The number of anilines is 3. The number of hydrogen-bond acceptors (Lipinski definition) is 9. The predicted octanol–water partition coefficient (Wildman–Crippen LogP) is 7.52. The molecule has 12 nitrogen and oxygen atoms in total. The van der Waals surface area contributed by atoms with Crippen molar-refractivity contribution in [3.8, 4) is 11.8 Å². The van der Waals surface area contributed by atoms with Gasteiger partial charge in [-0.25, -0.2) is 4.79 Å². The Morgan fingerprint density at radius 1 is 0.980 bits per heavy atom. The largest absolute Gasteiger partial charge is 0.492 e. The van der Waals surface area contributed by atoms with Gasteiger partial charge in [0, 0.05) is 41.8 Å². The minimum absolute atomic E-state index is 0.0602. The van der Waals surface area contributed by atoms with Crippen molar-refractivity contribution < 1.29 is 37.3 Å². The SMILES string of the molecule is CC(C)(CNC(=O)c1ccc(Nc2nc(NCc3ccc(OCCCBr)c(Cl)c3)nc(OCC(F)(F)F)n2)cc1)CN(C(=O)O)C(C)(C)C. The second-order valence-electron chi connectivity index (χ2n) is 12.8. The maximum absolute atomic E-state index is 12.9. The average Bonchev–Trinajstić information content (AvgIpc) is 3.01. The fourth-order valence-corrected chi connectivity index (χ4v) is 4.71. The van der Waals surface area contributed by atoms with E-state index in [0.717, 1.165) is 17.3 Å². The minimum Gasteiger partial charge on any atom is -0.492 e. The molecule has 1 aromatic heterocycles. The van der Waals surface area contributed by atoms with Gasteiger partial charge in [0.25, 0.3) is 5.91 Å². The topological polar surface area (TPSA) is 151 Å². The minimum atomic E-state index is -4.61. The molecule has 3 rings (SSSR count). The number of halogens is 5. The smallest absolute Gasteiger partial charge is 0.422 e. The number of carboxylic acid groups (broad SMARTS) is 1. The fourth-order valence-electron chi connectivity index (χ4n) is 4.22. The molecule has 0 saturated heterocycles. The van der Waals surface area contributed by atoms with Crippen LogP contribution in [0.1, 0.15) is 57.0 Å². The van der Waals surface area contributed by atoms with E-state index in [1.165, 1.54) is 4.90 Å². The van der Waals surface area contributed by atoms with Crippen LogP contribution >= 0.6 is 27.5 Å². The molecule has 0 aliphatic carbocycles. The maximum atomic E-state index is 12.9. The second kappa shape index (κ2) is 17.1. The molecule has 0 saturated carbocycles. The number of aromatic nitrogens is 3. The van der Waals surface area contributed by atoms with Crippen molar-refractivity contribution in [3.05, 3.63) is 58.6 Å². The number of benzene rings is 2. The van der Waals surface area contributed by atoms with Crippen LogP contribution in [0.2, 0.25) is 5.02 Å². The molecule has 3 aromatic rings. The van der Waals surface area contributed by atoms with Crippen molar-refractivity contribution in [2.75, 3.05) is 42.3 Å². The van der Waals surface area contributed by atoms with Gasteiger partial charge in [-0.15, -0.1) is 0 Å². The summed E-state index contributed by atoms with van der Waals surface area (Å²) in [6.45, 7) is 8.62. The molecule has 0 bridgehead atoms. The summed E-state index contributed by atoms with van der Waals surface area (Å²) < 4.78 is 49.0. The second-order valence-corrected chi connectivity index (χ2v) is 14.0. The molecule has 49 heavy (non-hydrogen) atoms. The van der Waals surface area contributed by atoms with Crippen molar-refractivity contribution in [2.45, 2.75) is 59.3 Å². The zero-order valence-electron chi connectivity index (χ0n) is 27.8. The van der Waals surface area contributed by atoms with Crippen LogP contribution in [0.5, 0.6) is 11.8 Å². The van der Waals surface area contributed by atoms with Crippen molar-refractivity contribution >= 4 is 57.1 Å². The highest BCUT2D eigenvalue weighted by Gasteiger charge is 2.32. The Morgan fingerprint density at radius 2 is 1.65 bits per heavy atom. The molecule has 17 heteroatoms. The van der Waals surface area contributed by atoms with Crippen molar-refractivity contribution in [1.82, 2.24) is 25.2 Å². The molecule has 2 aromatic carbocycles. The van der Waals surface area contributed by atoms with E-state index in [1.807, 2.05) is 13.8 Å². The molecule has 0 atom stereocenters. The zero-order chi connectivity index (χ0) is 36.4. The van der Waals surface area contributed by atoms with Gasteiger partial charge >= 0.3 is 18.3 Å². The normalized spacial score (nSPS) is 11.9. The van der Waals surface area contributed by atoms with E-state index >= 15 is 0 Å². The Balaban J connectivity index is 1.69. The summed E-state index contributed by atoms with van der Waals surface area (Å²) in [5, 5.41) is 19.5. The Bertz CT molecular complexity index is 1570. The highest BCUT2D eigenvalue weighted by molar-refractivity contribution is 9.09. The number of alkyl halides is 4. The van der Waals surface area contributed by atoms with Crippen LogP contribution in [0.3, 0.4) is 0 Å². The molecule has 0 spiro atoms. The van der Waals surface area contributed by atoms with Crippen LogP contribution in [0, 0.1) is 5.41 Å². The summed E-state index contributed by atoms with van der Waals surface area (Å²) in [6, 6.07) is 10.9. The Kier molecular flexibility index (Phi) is 13.7. The van der Waals surface area contributed by atoms with E-state index in [0.29, 0.717) is 28.6 Å². The number of ether oxygens (including phenoxy) is 2. The Morgan fingerprint density at radius 3 is 2.24 bits per heavy atom. The van der Waals surface area contributed by atoms with Crippen LogP contribution in [0.4, 0.5) is 35.5 Å². The molecule has 1 heterocycles. The van der Waals surface area contributed by atoms with E-state index in [1.54, 1.807) is 63.2 Å². The van der Waals surface area contributed by atoms with Gasteiger partial charge < -0.3 is 35.4 Å². The number of nitrogens with one attached hydrogen (secondary N) is 3. The van der Waals surface area contributed by atoms with Gasteiger partial charge in [-0.1, -0.05) is 47.4 Å². The first-order chi connectivity index (χ1) is 22.8. The monoisotopic (exact) mass is 773 g/mol. The van der Waals surface area contributed by atoms with Crippen molar-refractivity contribution in [3.63, 3.8) is 0 Å². The zero-order valence-corrected chi connectivity index (χ0v) is 30.1. The van der Waals surface area contributed by atoms with Crippen molar-refractivity contribution in [1.29, 1.82) is 0 Å². The fraction of sp³-hybridized carbons (Fsp3) is 0.469. The van der Waals surface area contributed by atoms with E-state index in [-0.39, 0.29) is 37.4 Å². The van der Waals surface area contributed by atoms with Gasteiger partial charge in [-0.2, -0.15) is 28.1 Å². The van der Waals surface area contributed by atoms with Gasteiger partial charge in [0.2, 0.25) is 11.9 Å². The molecular formula is C32H40BrClF3N7O5. The summed E-state index contributed by atoms with van der Waals surface area (Å²) >= 11 is 9.68. The van der Waals surface area contributed by atoms with Gasteiger partial charge in [-0.05, 0) is 74.6 Å². The van der Waals surface area contributed by atoms with Gasteiger partial charge in [0.1, 0.15) is 5.75 Å². The standard InChI is InChI=1S/C32H40BrClF3N7O5/c1-30(2,3)44(29(46)47)18-31(4,5)17-39-25(45)21-8-10-22(11-9-21)40-27-41-26(42-28(43-27)49-19-32(35,36)37)38-16-20-7-12-24(23(34)15-20)48-14-6-13-33/h7-12,15H,6,13-14,16-19H2,1-5H3,(H,39,45)(H,46,47)(H2,38,40,41,42,43). The van der Waals surface area contributed by atoms with Crippen LogP contribution in [-0.2, 0) is 6.54 Å². The predicted molar refractivity (Wildman–Crippen MR) is 184 cm³/mol. The first-order valence-electron chi connectivity index (χ1n) is 15.2. The van der Waals surface area contributed by atoms with Gasteiger partial charge in [0.05, 0.1) is 11.6 Å². The first kappa shape index (κ1) is 39.4. The number of nitrogens with zero attached hydrogens (tertiary/aromatic N) is 4. The van der Waals surface area contributed by atoms with E-state index in [9.17, 15) is 27.9 Å². The third-order valence-electron chi connectivity index (χ3n) is 6.72. The number of hydrogen-bond donors (Lipinski definition) is 4. The molecule has 0 aliphatic rings. The van der Waals surface area contributed by atoms with Crippen LogP contribution in [-0.4, -0.2) is 80.3 Å². The quantitative estimate of drug-likeness (QED) is 0.0850. The molecule has 0 unspecified atom stereocenters. The lowest BCUT2D eigenvalue weighted by Gasteiger charge is -2.39. The van der Waals surface area contributed by atoms with E-state index in [4.69, 9.17) is 21.1 Å². The maximum Gasteiger partial charge on any atom is 0.422 e. The molecule has 0 fully saturated rings. The molecule has 0 aliphatic heterocycles. The summed E-state index contributed by atoms with van der Waals surface area (Å²) in [6.07, 6.45) is -4.85. The number of amides is 2. The summed E-state index contributed by atoms with van der Waals surface area (Å²) in [5.41, 5.74) is 0.323. The summed E-state index contributed by atoms with van der Waals surface area (Å²) in [5.74, 6) is -0.0132. The molecule has 4 N–H and O–H groups in total. The highest BCUT2D eigenvalue weighted by Crippen LogP contribution is 2.27. The number of carbonyl (C=O) groups excluding carboxylic acids is 1. The number of rotatable bonds is 16. The lowest BCUT2D eigenvalue weighted by molar-refractivity contribution is -0.154. The van der Waals surface area contributed by atoms with Crippen LogP contribution in [0.15, 0.2) is 42.5 Å². The Hall–Kier alpha value is -4.05. The lowest BCUT2D eigenvalue weighted by Crippen LogP contribution is -2.51. The lowest BCUT2D eigenvalue weighted by atomic mass is 9.90. The van der Waals surface area contributed by atoms with E-state index in [2.05, 4.69) is 46.8 Å². The summed E-state index contributed by atoms with van der Waals surface area (Å²) in [4.78, 5) is 38.1.